The number of nitrogens with two attached hydrogens (primary N) is 1. The van der Waals surface area contributed by atoms with Crippen LogP contribution in [0, 0.1) is 11.8 Å². The topological polar surface area (TPSA) is 66.5 Å². The average molecular weight is 255 g/mol. The summed E-state index contributed by atoms with van der Waals surface area (Å²) in [7, 11) is 0. The second-order valence-corrected chi connectivity index (χ2v) is 5.04. The van der Waals surface area contributed by atoms with E-state index in [1.165, 1.54) is 0 Å². The van der Waals surface area contributed by atoms with Crippen molar-refractivity contribution >= 4 is 0 Å². The van der Waals surface area contributed by atoms with Gasteiger partial charge in [0.25, 0.3) is 0 Å². The minimum absolute atomic E-state index is 0.152. The van der Waals surface area contributed by atoms with Crippen molar-refractivity contribution in [2.45, 2.75) is 76.9 Å². The Morgan fingerprint density at radius 1 is 1.29 bits per heavy atom. The molecule has 0 aromatic heterocycles. The highest BCUT2D eigenvalue weighted by molar-refractivity contribution is 4.82. The van der Waals surface area contributed by atoms with Gasteiger partial charge in [0.05, 0.1) is 12.2 Å². The summed E-state index contributed by atoms with van der Waals surface area (Å²) in [4.78, 5) is 0. The molecule has 4 unspecified atom stereocenters. The molecule has 1 rings (SSSR count). The minimum Gasteiger partial charge on any atom is -0.390 e. The molecule has 3 nitrogen and oxygen atoms in total. The predicted octanol–water partition coefficient (Wildman–Crippen LogP) is 2.05. The van der Waals surface area contributed by atoms with Crippen LogP contribution in [-0.4, -0.2) is 28.5 Å². The summed E-state index contributed by atoms with van der Waals surface area (Å²) in [6, 6.07) is -1.02. The van der Waals surface area contributed by atoms with Crippen molar-refractivity contribution in [1.29, 1.82) is 0 Å². The average Bonchev–Trinajstić information content (AvgIpc) is 2.48. The molecule has 0 saturated heterocycles. The van der Waals surface area contributed by atoms with Crippen molar-refractivity contribution in [1.82, 2.24) is 0 Å². The monoisotopic (exact) mass is 255 g/mol. The first-order valence-corrected chi connectivity index (χ1v) is 6.16. The van der Waals surface area contributed by atoms with E-state index in [9.17, 15) is 10.2 Å². The van der Waals surface area contributed by atoms with Crippen LogP contribution in [0.5, 0.6) is 0 Å². The SMILES string of the molecule is [3H]C1C([3H])C([3H])C([3H])(C[C@H](N)[C@@H](O)[C@@H](O)CC(C)C)C([3H])C1[3H]. The van der Waals surface area contributed by atoms with E-state index in [2.05, 4.69) is 0 Å². The highest BCUT2D eigenvalue weighted by atomic mass is 16.3. The lowest BCUT2D eigenvalue weighted by Gasteiger charge is -2.29. The number of aliphatic hydroxyl groups is 2. The van der Waals surface area contributed by atoms with Gasteiger partial charge in [0.15, 0.2) is 0 Å². The lowest BCUT2D eigenvalue weighted by atomic mass is 9.83. The number of rotatable bonds is 6. The van der Waals surface area contributed by atoms with E-state index < -0.39 is 56.1 Å². The zero-order chi connectivity index (χ0) is 18.1. The Labute approximate surface area is 114 Å². The molecule has 0 aromatic carbocycles. The summed E-state index contributed by atoms with van der Waals surface area (Å²) >= 11 is 0. The van der Waals surface area contributed by atoms with Crippen molar-refractivity contribution in [2.24, 2.45) is 17.5 Å². The molecular formula is C14H29NO2. The van der Waals surface area contributed by atoms with Crippen LogP contribution in [-0.2, 0) is 0 Å². The van der Waals surface area contributed by atoms with Crippen molar-refractivity contribution < 1.29 is 18.4 Å². The molecule has 17 heavy (non-hydrogen) atoms. The van der Waals surface area contributed by atoms with Gasteiger partial charge in [-0.1, -0.05) is 45.8 Å². The first-order valence-electron chi connectivity index (χ1n) is 9.55. The van der Waals surface area contributed by atoms with Crippen LogP contribution in [0.2, 0.25) is 0 Å². The molecule has 0 radical (unpaired) electrons. The molecule has 4 N–H and O–H groups in total. The fraction of sp³-hybridized carbons (Fsp3) is 1.00. The molecule has 0 heterocycles. The zero-order valence-corrected chi connectivity index (χ0v) is 10.6. The maximum atomic E-state index is 10.1. The maximum absolute atomic E-state index is 10.1. The lowest BCUT2D eigenvalue weighted by molar-refractivity contribution is -0.0117. The van der Waals surface area contributed by atoms with E-state index >= 15 is 0 Å². The summed E-state index contributed by atoms with van der Waals surface area (Å²) < 4.78 is 47.9. The van der Waals surface area contributed by atoms with Gasteiger partial charge < -0.3 is 15.9 Å². The van der Waals surface area contributed by atoms with Crippen LogP contribution >= 0.6 is 0 Å². The van der Waals surface area contributed by atoms with Gasteiger partial charge in [-0.15, -0.1) is 0 Å². The quantitative estimate of drug-likeness (QED) is 0.680. The Bertz CT molecular complexity index is 372. The summed E-state index contributed by atoms with van der Waals surface area (Å²) in [5.41, 5.74) is 5.89. The van der Waals surface area contributed by atoms with Crippen molar-refractivity contribution in [3.05, 3.63) is 0 Å². The molecule has 0 spiro atoms. The largest absolute Gasteiger partial charge is 0.390 e. The van der Waals surface area contributed by atoms with Gasteiger partial charge in [-0.2, -0.15) is 0 Å². The van der Waals surface area contributed by atoms with Gasteiger partial charge in [-0.25, -0.2) is 0 Å². The standard InChI is InChI=1S/C14H29NO2/c1-10(2)8-13(16)14(17)12(15)9-11-6-4-3-5-7-11/h10-14,16-17H,3-9,15H2,1-2H3/t12-,13-,14+/m0/s1/i3T,4T,5T,6T,7T,11T/t3?,4?,5?,6?,7?,11?,12-,13-,14+. The Morgan fingerprint density at radius 2 is 1.88 bits per heavy atom. The van der Waals surface area contributed by atoms with Gasteiger partial charge >= 0.3 is 0 Å². The van der Waals surface area contributed by atoms with Gasteiger partial charge in [0.1, 0.15) is 0 Å². The summed E-state index contributed by atoms with van der Waals surface area (Å²) in [5, 5.41) is 20.1. The third kappa shape index (κ3) is 5.36. The van der Waals surface area contributed by atoms with Crippen LogP contribution in [0.15, 0.2) is 0 Å². The van der Waals surface area contributed by atoms with Crippen molar-refractivity contribution in [3.8, 4) is 0 Å². The Kier molecular flexibility index (Phi) is 3.51. The van der Waals surface area contributed by atoms with Crippen LogP contribution in [0.4, 0.5) is 0 Å². The van der Waals surface area contributed by atoms with E-state index in [0.29, 0.717) is 6.42 Å². The van der Waals surface area contributed by atoms with Crippen LogP contribution < -0.4 is 5.73 Å². The van der Waals surface area contributed by atoms with Gasteiger partial charge in [0, 0.05) is 14.3 Å². The second kappa shape index (κ2) is 7.34. The molecule has 1 saturated carbocycles. The molecule has 1 aliphatic rings. The van der Waals surface area contributed by atoms with Crippen LogP contribution in [0.1, 0.15) is 66.9 Å². The first-order chi connectivity index (χ1) is 10.4. The smallest absolute Gasteiger partial charge is 0.0949 e. The summed E-state index contributed by atoms with van der Waals surface area (Å²) in [6.07, 6.45) is -8.71. The summed E-state index contributed by atoms with van der Waals surface area (Å²) in [5.74, 6) is -1.66. The van der Waals surface area contributed by atoms with Crippen molar-refractivity contribution in [2.75, 3.05) is 0 Å². The molecular weight excluding hydrogens is 214 g/mol. The Hall–Kier alpha value is -0.120. The highest BCUT2D eigenvalue weighted by Crippen LogP contribution is 2.28. The fourth-order valence-corrected chi connectivity index (χ4v) is 1.91. The number of hydrogen-bond acceptors (Lipinski definition) is 3. The van der Waals surface area contributed by atoms with Crippen molar-refractivity contribution in [3.63, 3.8) is 0 Å². The Morgan fingerprint density at radius 3 is 2.41 bits per heavy atom. The number of hydrogen-bond donors (Lipinski definition) is 3. The van der Waals surface area contributed by atoms with Gasteiger partial charge in [0.2, 0.25) is 0 Å². The fourth-order valence-electron chi connectivity index (χ4n) is 1.91. The minimum atomic E-state index is -1.81. The molecule has 0 bridgehead atoms. The van der Waals surface area contributed by atoms with E-state index in [0.717, 1.165) is 0 Å². The highest BCUT2D eigenvalue weighted by Gasteiger charge is 2.26. The van der Waals surface area contributed by atoms with Crippen LogP contribution in [0.25, 0.3) is 0 Å². The first kappa shape index (κ1) is 8.13. The molecule has 1 fully saturated rings. The normalized spacial score (nSPS) is 57.9. The molecule has 1 aliphatic carbocycles. The van der Waals surface area contributed by atoms with E-state index in [1.807, 2.05) is 13.8 Å². The molecule has 0 amide bonds. The third-order valence-electron chi connectivity index (χ3n) is 2.86. The lowest BCUT2D eigenvalue weighted by Crippen LogP contribution is -2.44. The zero-order valence-electron chi connectivity index (χ0n) is 16.6. The molecule has 7 atom stereocenters. The third-order valence-corrected chi connectivity index (χ3v) is 2.86. The predicted molar refractivity (Wildman–Crippen MR) is 70.6 cm³/mol. The van der Waals surface area contributed by atoms with Crippen LogP contribution in [0.3, 0.4) is 0 Å². The Balaban J connectivity index is 2.87. The maximum Gasteiger partial charge on any atom is 0.0949 e. The van der Waals surface area contributed by atoms with Gasteiger partial charge in [-0.05, 0) is 24.7 Å². The van der Waals surface area contributed by atoms with E-state index in [-0.39, 0.29) is 12.3 Å². The molecule has 102 valence electrons. The number of aliphatic hydroxyl groups excluding tert-OH is 2. The second-order valence-electron chi connectivity index (χ2n) is 5.04. The molecule has 0 aliphatic heterocycles. The molecule has 3 heteroatoms. The van der Waals surface area contributed by atoms with Gasteiger partial charge in [-0.3, -0.25) is 0 Å². The molecule has 0 aromatic rings. The van der Waals surface area contributed by atoms with E-state index in [4.69, 9.17) is 14.0 Å². The van der Waals surface area contributed by atoms with E-state index in [1.54, 1.807) is 0 Å². The summed E-state index contributed by atoms with van der Waals surface area (Å²) in [6.45, 7) is 3.77.